The molecule has 3 aromatic rings. The molecule has 0 amide bonds. The quantitative estimate of drug-likeness (QED) is 0.605. The lowest BCUT2D eigenvalue weighted by Crippen LogP contribution is -1.77. The normalized spacial score (nSPS) is 10.9. The Morgan fingerprint density at radius 2 is 2.00 bits per heavy atom. The van der Waals surface area contributed by atoms with Crippen molar-refractivity contribution in [3.8, 4) is 11.3 Å². The molecular formula is C10H7N3S. The standard InChI is InChI=1S/C10H7N3S/c1-2-4-8(5-3-1)9-6-13-10(12-9)14-7-11-13/h1-7H. The maximum absolute atomic E-state index is 4.46. The van der Waals surface area contributed by atoms with E-state index in [1.54, 1.807) is 21.4 Å². The molecule has 2 aromatic heterocycles. The van der Waals surface area contributed by atoms with Crippen LogP contribution in [0.15, 0.2) is 42.0 Å². The number of hydrogen-bond donors (Lipinski definition) is 0. The van der Waals surface area contributed by atoms with E-state index in [1.807, 2.05) is 36.5 Å². The summed E-state index contributed by atoms with van der Waals surface area (Å²) >= 11 is 1.54. The molecule has 68 valence electrons. The molecule has 0 N–H and O–H groups in total. The smallest absolute Gasteiger partial charge is 0.212 e. The summed E-state index contributed by atoms with van der Waals surface area (Å²) in [5.74, 6) is 0. The van der Waals surface area contributed by atoms with Crippen molar-refractivity contribution in [1.82, 2.24) is 14.6 Å². The fraction of sp³-hybridized carbons (Fsp3) is 0. The van der Waals surface area contributed by atoms with Gasteiger partial charge in [0.05, 0.1) is 11.9 Å². The second-order valence-electron chi connectivity index (χ2n) is 2.96. The summed E-state index contributed by atoms with van der Waals surface area (Å²) in [4.78, 5) is 5.40. The van der Waals surface area contributed by atoms with Crippen molar-refractivity contribution in [2.24, 2.45) is 0 Å². The monoisotopic (exact) mass is 201 g/mol. The Morgan fingerprint density at radius 3 is 2.79 bits per heavy atom. The van der Waals surface area contributed by atoms with E-state index in [-0.39, 0.29) is 0 Å². The van der Waals surface area contributed by atoms with Crippen molar-refractivity contribution >= 4 is 16.3 Å². The van der Waals surface area contributed by atoms with Crippen LogP contribution in [0, 0.1) is 0 Å². The number of hydrogen-bond acceptors (Lipinski definition) is 3. The van der Waals surface area contributed by atoms with Crippen molar-refractivity contribution in [2.45, 2.75) is 0 Å². The summed E-state index contributed by atoms with van der Waals surface area (Å²) in [6.45, 7) is 0. The van der Waals surface area contributed by atoms with E-state index < -0.39 is 0 Å². The third-order valence-corrected chi connectivity index (χ3v) is 2.74. The zero-order valence-corrected chi connectivity index (χ0v) is 8.11. The summed E-state index contributed by atoms with van der Waals surface area (Å²) < 4.78 is 1.80. The number of fused-ring (bicyclic) bond motifs is 1. The van der Waals surface area contributed by atoms with E-state index in [0.29, 0.717) is 0 Å². The maximum atomic E-state index is 4.46. The molecule has 3 nitrogen and oxygen atoms in total. The Hall–Kier alpha value is -1.68. The zero-order chi connectivity index (χ0) is 9.38. The molecule has 3 rings (SSSR count). The fourth-order valence-electron chi connectivity index (χ4n) is 1.39. The van der Waals surface area contributed by atoms with Gasteiger partial charge in [0.2, 0.25) is 4.96 Å². The minimum atomic E-state index is 0.934. The molecule has 14 heavy (non-hydrogen) atoms. The second-order valence-corrected chi connectivity index (χ2v) is 3.77. The third-order valence-electron chi connectivity index (χ3n) is 2.06. The van der Waals surface area contributed by atoms with Crippen LogP contribution in [0.25, 0.3) is 16.2 Å². The third kappa shape index (κ3) is 1.12. The lowest BCUT2D eigenvalue weighted by atomic mass is 10.2. The highest BCUT2D eigenvalue weighted by atomic mass is 32.1. The van der Waals surface area contributed by atoms with Crippen LogP contribution in [0.3, 0.4) is 0 Å². The summed E-state index contributed by atoms with van der Waals surface area (Å²) in [6, 6.07) is 10.1. The van der Waals surface area contributed by atoms with Gasteiger partial charge in [0.25, 0.3) is 0 Å². The van der Waals surface area contributed by atoms with Crippen LogP contribution in [0.5, 0.6) is 0 Å². The average Bonchev–Trinajstić information content (AvgIpc) is 2.78. The van der Waals surface area contributed by atoms with Crippen LogP contribution in [0.1, 0.15) is 0 Å². The molecule has 0 saturated heterocycles. The van der Waals surface area contributed by atoms with E-state index >= 15 is 0 Å². The van der Waals surface area contributed by atoms with Gasteiger partial charge in [-0.3, -0.25) is 0 Å². The molecule has 0 unspecified atom stereocenters. The van der Waals surface area contributed by atoms with Crippen LogP contribution in [0.2, 0.25) is 0 Å². The van der Waals surface area contributed by atoms with Crippen molar-refractivity contribution in [3.63, 3.8) is 0 Å². The van der Waals surface area contributed by atoms with Gasteiger partial charge in [0, 0.05) is 5.56 Å². The lowest BCUT2D eigenvalue weighted by Gasteiger charge is -1.92. The van der Waals surface area contributed by atoms with Gasteiger partial charge in [-0.2, -0.15) is 5.10 Å². The first-order chi connectivity index (χ1) is 6.93. The molecule has 0 radical (unpaired) electrons. The van der Waals surface area contributed by atoms with Gasteiger partial charge in [0.15, 0.2) is 0 Å². The first-order valence-electron chi connectivity index (χ1n) is 4.28. The summed E-state index contributed by atoms with van der Waals surface area (Å²) in [6.07, 6.45) is 1.95. The SMILES string of the molecule is c1ccc(-c2cn3ncsc3n2)cc1. The highest BCUT2D eigenvalue weighted by Gasteiger charge is 2.04. The molecule has 2 heterocycles. The van der Waals surface area contributed by atoms with Crippen molar-refractivity contribution in [2.75, 3.05) is 0 Å². The lowest BCUT2D eigenvalue weighted by molar-refractivity contribution is 0.974. The molecule has 0 atom stereocenters. The van der Waals surface area contributed by atoms with Gasteiger partial charge >= 0.3 is 0 Å². The molecule has 0 aliphatic rings. The molecule has 0 saturated carbocycles. The second kappa shape index (κ2) is 2.92. The molecule has 0 spiro atoms. The largest absolute Gasteiger partial charge is 0.217 e. The molecule has 4 heteroatoms. The van der Waals surface area contributed by atoms with E-state index in [0.717, 1.165) is 16.2 Å². The van der Waals surface area contributed by atoms with E-state index in [2.05, 4.69) is 10.1 Å². The molecule has 0 aliphatic heterocycles. The molecule has 0 aliphatic carbocycles. The highest BCUT2D eigenvalue weighted by molar-refractivity contribution is 7.14. The summed E-state index contributed by atoms with van der Waals surface area (Å²) in [7, 11) is 0. The minimum Gasteiger partial charge on any atom is -0.217 e. The zero-order valence-electron chi connectivity index (χ0n) is 7.29. The summed E-state index contributed by atoms with van der Waals surface area (Å²) in [5, 5.41) is 4.14. The number of nitrogens with zero attached hydrogens (tertiary/aromatic N) is 3. The van der Waals surface area contributed by atoms with Crippen LogP contribution in [-0.2, 0) is 0 Å². The number of benzene rings is 1. The van der Waals surface area contributed by atoms with Crippen molar-refractivity contribution in [3.05, 3.63) is 42.0 Å². The Bertz CT molecular complexity index is 524. The number of imidazole rings is 1. The Balaban J connectivity index is 2.19. The summed E-state index contributed by atoms with van der Waals surface area (Å²) in [5.41, 5.74) is 3.90. The van der Waals surface area contributed by atoms with Crippen LogP contribution >= 0.6 is 11.3 Å². The first-order valence-corrected chi connectivity index (χ1v) is 5.16. The van der Waals surface area contributed by atoms with Crippen LogP contribution in [-0.4, -0.2) is 14.6 Å². The van der Waals surface area contributed by atoms with E-state index in [4.69, 9.17) is 0 Å². The Labute approximate surface area is 84.7 Å². The molecular weight excluding hydrogens is 194 g/mol. The van der Waals surface area contributed by atoms with Crippen LogP contribution < -0.4 is 0 Å². The number of rotatable bonds is 1. The topological polar surface area (TPSA) is 30.2 Å². The Morgan fingerprint density at radius 1 is 1.14 bits per heavy atom. The molecule has 0 fully saturated rings. The predicted octanol–water partition coefficient (Wildman–Crippen LogP) is 2.46. The highest BCUT2D eigenvalue weighted by Crippen LogP contribution is 2.19. The molecule has 1 aromatic carbocycles. The Kier molecular flexibility index (Phi) is 1.61. The van der Waals surface area contributed by atoms with E-state index in [9.17, 15) is 0 Å². The fourth-order valence-corrected chi connectivity index (χ4v) is 1.99. The van der Waals surface area contributed by atoms with Crippen molar-refractivity contribution < 1.29 is 0 Å². The van der Waals surface area contributed by atoms with E-state index in [1.165, 1.54) is 0 Å². The van der Waals surface area contributed by atoms with Crippen LogP contribution in [0.4, 0.5) is 0 Å². The number of aromatic nitrogens is 3. The molecule has 0 bridgehead atoms. The van der Waals surface area contributed by atoms with Gasteiger partial charge in [-0.25, -0.2) is 9.50 Å². The van der Waals surface area contributed by atoms with Crippen molar-refractivity contribution in [1.29, 1.82) is 0 Å². The van der Waals surface area contributed by atoms with Gasteiger partial charge < -0.3 is 0 Å². The first kappa shape index (κ1) is 7.70. The minimum absolute atomic E-state index is 0.934. The van der Waals surface area contributed by atoms with Gasteiger partial charge in [0.1, 0.15) is 5.51 Å². The maximum Gasteiger partial charge on any atom is 0.212 e. The average molecular weight is 201 g/mol. The predicted molar refractivity (Wildman–Crippen MR) is 56.3 cm³/mol. The van der Waals surface area contributed by atoms with Gasteiger partial charge in [-0.1, -0.05) is 41.7 Å². The van der Waals surface area contributed by atoms with Gasteiger partial charge in [-0.05, 0) is 0 Å². The van der Waals surface area contributed by atoms with Gasteiger partial charge in [-0.15, -0.1) is 0 Å².